The van der Waals surface area contributed by atoms with E-state index in [1.54, 1.807) is 23.1 Å². The van der Waals surface area contributed by atoms with Gasteiger partial charge in [0.2, 0.25) is 5.91 Å². The standard InChI is InChI=1S/C18H31N3OS2/c1-13(2)17(21-7-5-14(3)6-8-21)9-19-18(22)12-23-10-16-11-24-15(4)20-16/h11,13-14,17H,5-10,12H2,1-4H3,(H,19,22). The minimum absolute atomic E-state index is 0.142. The van der Waals surface area contributed by atoms with Gasteiger partial charge in [-0.3, -0.25) is 9.69 Å². The number of rotatable bonds is 8. The van der Waals surface area contributed by atoms with Crippen LogP contribution < -0.4 is 5.32 Å². The number of thiazole rings is 1. The molecule has 1 unspecified atom stereocenters. The third-order valence-corrected chi connectivity index (χ3v) is 6.50. The molecule has 6 heteroatoms. The molecule has 0 aliphatic carbocycles. The number of nitrogens with zero attached hydrogens (tertiary/aromatic N) is 2. The first kappa shape index (κ1) is 19.7. The van der Waals surface area contributed by atoms with Gasteiger partial charge in [-0.15, -0.1) is 23.1 Å². The number of thioether (sulfide) groups is 1. The van der Waals surface area contributed by atoms with Crippen molar-refractivity contribution in [2.24, 2.45) is 11.8 Å². The second-order valence-corrected chi connectivity index (χ2v) is 9.23. The van der Waals surface area contributed by atoms with E-state index in [0.29, 0.717) is 17.7 Å². The second kappa shape index (κ2) is 9.78. The second-order valence-electron chi connectivity index (χ2n) is 7.18. The van der Waals surface area contributed by atoms with E-state index in [9.17, 15) is 4.79 Å². The molecule has 0 spiro atoms. The van der Waals surface area contributed by atoms with Gasteiger partial charge in [0, 0.05) is 23.7 Å². The van der Waals surface area contributed by atoms with Crippen LogP contribution in [0.15, 0.2) is 5.38 Å². The van der Waals surface area contributed by atoms with Crippen molar-refractivity contribution < 1.29 is 4.79 Å². The van der Waals surface area contributed by atoms with Crippen LogP contribution in [0, 0.1) is 18.8 Å². The predicted molar refractivity (Wildman–Crippen MR) is 105 cm³/mol. The van der Waals surface area contributed by atoms with Crippen LogP contribution in [-0.4, -0.2) is 47.2 Å². The monoisotopic (exact) mass is 369 g/mol. The zero-order valence-electron chi connectivity index (χ0n) is 15.4. The molecule has 0 radical (unpaired) electrons. The van der Waals surface area contributed by atoms with Crippen molar-refractivity contribution >= 4 is 29.0 Å². The van der Waals surface area contributed by atoms with E-state index in [1.165, 1.54) is 12.8 Å². The molecule has 1 aromatic heterocycles. The fraction of sp³-hybridized carbons (Fsp3) is 0.778. The van der Waals surface area contributed by atoms with Crippen molar-refractivity contribution in [2.75, 3.05) is 25.4 Å². The van der Waals surface area contributed by atoms with Crippen molar-refractivity contribution in [2.45, 2.75) is 52.3 Å². The van der Waals surface area contributed by atoms with E-state index in [1.807, 2.05) is 6.92 Å². The third kappa shape index (κ3) is 6.37. The normalized spacial score (nSPS) is 18.0. The largest absolute Gasteiger partial charge is 0.354 e. The van der Waals surface area contributed by atoms with Crippen LogP contribution in [0.2, 0.25) is 0 Å². The molecule has 2 rings (SSSR count). The van der Waals surface area contributed by atoms with Gasteiger partial charge in [-0.25, -0.2) is 4.98 Å². The molecule has 1 fully saturated rings. The van der Waals surface area contributed by atoms with E-state index in [0.717, 1.165) is 42.0 Å². The third-order valence-electron chi connectivity index (χ3n) is 4.71. The quantitative estimate of drug-likeness (QED) is 0.761. The lowest BCUT2D eigenvalue weighted by molar-refractivity contribution is -0.118. The number of hydrogen-bond acceptors (Lipinski definition) is 5. The van der Waals surface area contributed by atoms with Crippen LogP contribution in [0.25, 0.3) is 0 Å². The summed E-state index contributed by atoms with van der Waals surface area (Å²) in [4.78, 5) is 19.1. The molecule has 1 saturated heterocycles. The summed E-state index contributed by atoms with van der Waals surface area (Å²) in [5.41, 5.74) is 1.08. The van der Waals surface area contributed by atoms with Crippen molar-refractivity contribution in [3.05, 3.63) is 16.1 Å². The first-order chi connectivity index (χ1) is 11.5. The van der Waals surface area contributed by atoms with Crippen LogP contribution in [0.3, 0.4) is 0 Å². The van der Waals surface area contributed by atoms with Crippen molar-refractivity contribution in [1.82, 2.24) is 15.2 Å². The molecule has 0 saturated carbocycles. The Morgan fingerprint density at radius 1 is 1.46 bits per heavy atom. The van der Waals surface area contributed by atoms with E-state index in [-0.39, 0.29) is 5.91 Å². The molecular weight excluding hydrogens is 338 g/mol. The SMILES string of the molecule is Cc1nc(CSCC(=O)NCC(C(C)C)N2CCC(C)CC2)cs1. The highest BCUT2D eigenvalue weighted by atomic mass is 32.2. The zero-order chi connectivity index (χ0) is 17.5. The van der Waals surface area contributed by atoms with E-state index in [4.69, 9.17) is 0 Å². The number of aromatic nitrogens is 1. The molecule has 0 bridgehead atoms. The van der Waals surface area contributed by atoms with E-state index < -0.39 is 0 Å². The number of likely N-dealkylation sites (tertiary alicyclic amines) is 1. The lowest BCUT2D eigenvalue weighted by Crippen LogP contribution is -2.49. The van der Waals surface area contributed by atoms with Gasteiger partial charge in [-0.2, -0.15) is 0 Å². The van der Waals surface area contributed by atoms with Gasteiger partial charge in [0.25, 0.3) is 0 Å². The number of carbonyl (C=O) groups excluding carboxylic acids is 1. The Morgan fingerprint density at radius 3 is 2.75 bits per heavy atom. The van der Waals surface area contributed by atoms with Crippen LogP contribution in [0.1, 0.15) is 44.3 Å². The van der Waals surface area contributed by atoms with E-state index in [2.05, 4.69) is 41.4 Å². The summed E-state index contributed by atoms with van der Waals surface area (Å²) in [6, 6.07) is 0.452. The average Bonchev–Trinajstić information content (AvgIpc) is 2.94. The number of nitrogens with one attached hydrogen (secondary N) is 1. The van der Waals surface area contributed by atoms with Gasteiger partial charge in [-0.1, -0.05) is 20.8 Å². The summed E-state index contributed by atoms with van der Waals surface area (Å²) in [5, 5.41) is 6.31. The fourth-order valence-electron chi connectivity index (χ4n) is 3.14. The molecule has 0 aromatic carbocycles. The molecule has 1 aromatic rings. The molecular formula is C18H31N3OS2. The molecule has 1 aliphatic rings. The number of hydrogen-bond donors (Lipinski definition) is 1. The van der Waals surface area contributed by atoms with Gasteiger partial charge in [0.1, 0.15) is 0 Å². The predicted octanol–water partition coefficient (Wildman–Crippen LogP) is 3.56. The number of amides is 1. The highest BCUT2D eigenvalue weighted by molar-refractivity contribution is 7.99. The molecule has 2 heterocycles. The van der Waals surface area contributed by atoms with Gasteiger partial charge < -0.3 is 5.32 Å². The Morgan fingerprint density at radius 2 is 2.17 bits per heavy atom. The van der Waals surface area contributed by atoms with Crippen LogP contribution >= 0.6 is 23.1 Å². The lowest BCUT2D eigenvalue weighted by atomic mass is 9.94. The molecule has 1 amide bonds. The van der Waals surface area contributed by atoms with Crippen LogP contribution in [0.5, 0.6) is 0 Å². The molecule has 1 atom stereocenters. The summed E-state index contributed by atoms with van der Waals surface area (Å²) < 4.78 is 0. The highest BCUT2D eigenvalue weighted by Gasteiger charge is 2.25. The minimum Gasteiger partial charge on any atom is -0.354 e. The Kier molecular flexibility index (Phi) is 8.04. The Balaban J connectivity index is 1.69. The van der Waals surface area contributed by atoms with Crippen molar-refractivity contribution in [1.29, 1.82) is 0 Å². The topological polar surface area (TPSA) is 45.2 Å². The summed E-state index contributed by atoms with van der Waals surface area (Å²) in [6.45, 7) is 12.0. The Labute approximate surface area is 154 Å². The van der Waals surface area contributed by atoms with Crippen LogP contribution in [0.4, 0.5) is 0 Å². The Bertz CT molecular complexity index is 510. The minimum atomic E-state index is 0.142. The molecule has 1 N–H and O–H groups in total. The van der Waals surface area contributed by atoms with Gasteiger partial charge in [0.15, 0.2) is 0 Å². The summed E-state index contributed by atoms with van der Waals surface area (Å²) >= 11 is 3.31. The van der Waals surface area contributed by atoms with Crippen LogP contribution in [-0.2, 0) is 10.5 Å². The zero-order valence-corrected chi connectivity index (χ0v) is 17.0. The number of aryl methyl sites for hydroxylation is 1. The summed E-state index contributed by atoms with van der Waals surface area (Å²) in [6.07, 6.45) is 2.56. The molecule has 136 valence electrons. The number of piperidine rings is 1. The maximum absolute atomic E-state index is 12.1. The van der Waals surface area contributed by atoms with Gasteiger partial charge in [-0.05, 0) is 44.7 Å². The fourth-order valence-corrected chi connectivity index (χ4v) is 4.60. The van der Waals surface area contributed by atoms with Crippen molar-refractivity contribution in [3.8, 4) is 0 Å². The average molecular weight is 370 g/mol. The van der Waals surface area contributed by atoms with E-state index >= 15 is 0 Å². The molecule has 4 nitrogen and oxygen atoms in total. The van der Waals surface area contributed by atoms with Gasteiger partial charge in [0.05, 0.1) is 16.5 Å². The first-order valence-electron chi connectivity index (χ1n) is 8.95. The maximum atomic E-state index is 12.1. The van der Waals surface area contributed by atoms with Crippen molar-refractivity contribution in [3.63, 3.8) is 0 Å². The lowest BCUT2D eigenvalue weighted by Gasteiger charge is -2.38. The first-order valence-corrected chi connectivity index (χ1v) is 11.0. The number of carbonyl (C=O) groups is 1. The summed E-state index contributed by atoms with van der Waals surface area (Å²) in [7, 11) is 0. The highest BCUT2D eigenvalue weighted by Crippen LogP contribution is 2.21. The summed E-state index contributed by atoms with van der Waals surface area (Å²) in [5.74, 6) is 2.87. The molecule has 24 heavy (non-hydrogen) atoms. The maximum Gasteiger partial charge on any atom is 0.230 e. The Hall–Kier alpha value is -0.590. The van der Waals surface area contributed by atoms with Gasteiger partial charge >= 0.3 is 0 Å². The molecule has 1 aliphatic heterocycles. The smallest absolute Gasteiger partial charge is 0.230 e.